The molecule has 0 aliphatic heterocycles. The summed E-state index contributed by atoms with van der Waals surface area (Å²) in [5, 5.41) is 2.51. The molecule has 0 spiro atoms. The Morgan fingerprint density at radius 2 is 1.88 bits per heavy atom. The molecule has 1 saturated carbocycles. The zero-order valence-corrected chi connectivity index (χ0v) is 17.2. The number of alkyl carbamates (subject to hydrolysis) is 1. The highest BCUT2D eigenvalue weighted by atomic mass is 16.6. The molecule has 7 nitrogen and oxygen atoms in total. The average Bonchev–Trinajstić information content (AvgIpc) is 3.11. The van der Waals surface area contributed by atoms with Crippen LogP contribution in [0, 0.1) is 17.3 Å². The van der Waals surface area contributed by atoms with E-state index >= 15 is 0 Å². The van der Waals surface area contributed by atoms with Crippen LogP contribution in [0.2, 0.25) is 0 Å². The summed E-state index contributed by atoms with van der Waals surface area (Å²) >= 11 is 0. The number of ether oxygens (including phenoxy) is 1. The second-order valence-corrected chi connectivity index (χ2v) is 8.67. The Hall–Kier alpha value is -1.79. The quantitative estimate of drug-likeness (QED) is 0.685. The van der Waals surface area contributed by atoms with E-state index in [2.05, 4.69) is 26.1 Å². The molecule has 0 aromatic heterocycles. The summed E-state index contributed by atoms with van der Waals surface area (Å²) in [6, 6.07) is -0.0945. The Morgan fingerprint density at radius 1 is 1.35 bits per heavy atom. The monoisotopic (exact) mass is 369 g/mol. The van der Waals surface area contributed by atoms with Crippen molar-refractivity contribution in [1.82, 2.24) is 10.2 Å². The first kappa shape index (κ1) is 22.3. The predicted molar refractivity (Wildman–Crippen MR) is 100 cm³/mol. The number of hydrogen-bond acceptors (Lipinski definition) is 4. The van der Waals surface area contributed by atoms with Gasteiger partial charge < -0.3 is 20.7 Å². The van der Waals surface area contributed by atoms with Crippen molar-refractivity contribution in [3.8, 4) is 0 Å². The molecule has 150 valence electrons. The summed E-state index contributed by atoms with van der Waals surface area (Å²) in [6.07, 6.45) is 1.42. The molecule has 1 aliphatic rings. The van der Waals surface area contributed by atoms with E-state index in [-0.39, 0.29) is 42.2 Å². The van der Waals surface area contributed by atoms with Crippen LogP contribution in [0.5, 0.6) is 0 Å². The van der Waals surface area contributed by atoms with Gasteiger partial charge in [0, 0.05) is 24.9 Å². The lowest BCUT2D eigenvalue weighted by Gasteiger charge is -2.39. The van der Waals surface area contributed by atoms with Crippen molar-refractivity contribution in [3.05, 3.63) is 0 Å². The topological polar surface area (TPSA) is 102 Å². The third kappa shape index (κ3) is 5.61. The molecule has 0 saturated heterocycles. The lowest BCUT2D eigenvalue weighted by Crippen LogP contribution is -2.51. The van der Waals surface area contributed by atoms with Gasteiger partial charge in [-0.1, -0.05) is 27.2 Å². The molecule has 0 bridgehead atoms. The maximum Gasteiger partial charge on any atom is 0.408 e. The summed E-state index contributed by atoms with van der Waals surface area (Å²) in [6.45, 7) is 11.4. The molecule has 3 N–H and O–H groups in total. The van der Waals surface area contributed by atoms with Crippen molar-refractivity contribution < 1.29 is 19.1 Å². The van der Waals surface area contributed by atoms with Crippen LogP contribution < -0.4 is 11.1 Å². The van der Waals surface area contributed by atoms with Gasteiger partial charge in [-0.2, -0.15) is 0 Å². The van der Waals surface area contributed by atoms with Gasteiger partial charge in [0.2, 0.25) is 11.8 Å². The van der Waals surface area contributed by atoms with E-state index in [0.29, 0.717) is 5.92 Å². The van der Waals surface area contributed by atoms with Crippen LogP contribution in [0.3, 0.4) is 0 Å². The van der Waals surface area contributed by atoms with Gasteiger partial charge in [0.25, 0.3) is 0 Å². The van der Waals surface area contributed by atoms with Crippen molar-refractivity contribution in [1.29, 1.82) is 0 Å². The zero-order chi connectivity index (χ0) is 20.3. The lowest BCUT2D eigenvalue weighted by molar-refractivity contribution is -0.135. The minimum atomic E-state index is -0.619. The standard InChI is InChI=1S/C19H35N3O4/c1-8-12(2)16(19(9-13(19)3)10-14(20)23)22(7)15(24)11-21-17(25)26-18(4,5)6/h12-13,16H,8-11H2,1-7H3,(H2,20,23)(H,21,25)/t12-,13?,16-,19?/m0/s1. The first-order valence-electron chi connectivity index (χ1n) is 9.35. The number of primary amides is 1. The van der Waals surface area contributed by atoms with E-state index < -0.39 is 11.7 Å². The number of carbonyl (C=O) groups excluding carboxylic acids is 3. The highest BCUT2D eigenvalue weighted by molar-refractivity contribution is 5.83. The summed E-state index contributed by atoms with van der Waals surface area (Å²) < 4.78 is 5.16. The lowest BCUT2D eigenvalue weighted by atomic mass is 9.80. The van der Waals surface area contributed by atoms with Crippen LogP contribution in [0.25, 0.3) is 0 Å². The largest absolute Gasteiger partial charge is 0.444 e. The fraction of sp³-hybridized carbons (Fsp3) is 0.842. The number of amides is 3. The third-order valence-corrected chi connectivity index (χ3v) is 5.38. The fourth-order valence-electron chi connectivity index (χ4n) is 3.90. The van der Waals surface area contributed by atoms with Gasteiger partial charge in [0.05, 0.1) is 0 Å². The van der Waals surface area contributed by atoms with Crippen LogP contribution in [0.4, 0.5) is 4.79 Å². The first-order chi connectivity index (χ1) is 11.8. The van der Waals surface area contributed by atoms with E-state index in [4.69, 9.17) is 10.5 Å². The molecule has 26 heavy (non-hydrogen) atoms. The maximum atomic E-state index is 12.7. The number of nitrogens with one attached hydrogen (secondary N) is 1. The van der Waals surface area contributed by atoms with Gasteiger partial charge in [-0.05, 0) is 39.0 Å². The van der Waals surface area contributed by atoms with Gasteiger partial charge in [-0.25, -0.2) is 4.79 Å². The summed E-state index contributed by atoms with van der Waals surface area (Å²) in [5.41, 5.74) is 4.59. The van der Waals surface area contributed by atoms with E-state index in [0.717, 1.165) is 12.8 Å². The van der Waals surface area contributed by atoms with Crippen molar-refractivity contribution in [2.75, 3.05) is 13.6 Å². The van der Waals surface area contributed by atoms with Gasteiger partial charge in [0.15, 0.2) is 0 Å². The minimum Gasteiger partial charge on any atom is -0.444 e. The Kier molecular flexibility index (Phi) is 7.08. The molecule has 0 aromatic rings. The first-order valence-corrected chi connectivity index (χ1v) is 9.35. The maximum absolute atomic E-state index is 12.7. The highest BCUT2D eigenvalue weighted by Crippen LogP contribution is 2.60. The molecular formula is C19H35N3O4. The zero-order valence-electron chi connectivity index (χ0n) is 17.2. The fourth-order valence-corrected chi connectivity index (χ4v) is 3.90. The molecule has 2 unspecified atom stereocenters. The van der Waals surface area contributed by atoms with E-state index in [1.54, 1.807) is 32.7 Å². The van der Waals surface area contributed by atoms with Crippen LogP contribution >= 0.6 is 0 Å². The SMILES string of the molecule is CC[C@H](C)[C@H](N(C)C(=O)CNC(=O)OC(C)(C)C)C1(CC(N)=O)CC1C. The van der Waals surface area contributed by atoms with E-state index in [9.17, 15) is 14.4 Å². The van der Waals surface area contributed by atoms with Crippen LogP contribution in [0.15, 0.2) is 0 Å². The second-order valence-electron chi connectivity index (χ2n) is 8.67. The van der Waals surface area contributed by atoms with Crippen molar-refractivity contribution in [2.24, 2.45) is 23.0 Å². The molecule has 0 heterocycles. The van der Waals surface area contributed by atoms with Gasteiger partial charge >= 0.3 is 6.09 Å². The highest BCUT2D eigenvalue weighted by Gasteiger charge is 2.59. The number of nitrogens with two attached hydrogens (primary N) is 1. The van der Waals surface area contributed by atoms with Crippen molar-refractivity contribution >= 4 is 17.9 Å². The molecule has 3 amide bonds. The summed E-state index contributed by atoms with van der Waals surface area (Å²) in [4.78, 5) is 37.7. The number of likely N-dealkylation sites (N-methyl/N-ethyl adjacent to an activating group) is 1. The molecule has 0 aromatic carbocycles. The summed E-state index contributed by atoms with van der Waals surface area (Å²) in [7, 11) is 1.74. The Labute approximate surface area is 157 Å². The van der Waals surface area contributed by atoms with Crippen LogP contribution in [0.1, 0.15) is 60.8 Å². The molecular weight excluding hydrogens is 334 g/mol. The molecule has 0 radical (unpaired) electrons. The number of hydrogen-bond donors (Lipinski definition) is 2. The van der Waals surface area contributed by atoms with Crippen LogP contribution in [-0.4, -0.2) is 48.0 Å². The van der Waals surface area contributed by atoms with Gasteiger partial charge in [0.1, 0.15) is 12.1 Å². The molecule has 7 heteroatoms. The van der Waals surface area contributed by atoms with Gasteiger partial charge in [-0.3, -0.25) is 9.59 Å². The second kappa shape index (κ2) is 8.27. The van der Waals surface area contributed by atoms with Crippen LogP contribution in [-0.2, 0) is 14.3 Å². The Balaban J connectivity index is 2.83. The Morgan fingerprint density at radius 3 is 2.27 bits per heavy atom. The van der Waals surface area contributed by atoms with E-state index in [1.807, 2.05) is 0 Å². The number of rotatable bonds is 8. The average molecular weight is 370 g/mol. The normalized spacial score (nSPS) is 24.3. The minimum absolute atomic E-state index is 0.0945. The molecule has 1 aliphatic carbocycles. The van der Waals surface area contributed by atoms with E-state index in [1.165, 1.54) is 0 Å². The summed E-state index contributed by atoms with van der Waals surface area (Å²) in [5.74, 6) is 0.0114. The van der Waals surface area contributed by atoms with Crippen molar-refractivity contribution in [3.63, 3.8) is 0 Å². The predicted octanol–water partition coefficient (Wildman–Crippen LogP) is 2.29. The number of nitrogens with zero attached hydrogens (tertiary/aromatic N) is 1. The van der Waals surface area contributed by atoms with Crippen molar-refractivity contribution in [2.45, 2.75) is 72.4 Å². The molecule has 1 rings (SSSR count). The molecule has 1 fully saturated rings. The molecule has 4 atom stereocenters. The Bertz CT molecular complexity index is 543. The number of carbonyl (C=O) groups is 3. The smallest absolute Gasteiger partial charge is 0.408 e. The third-order valence-electron chi connectivity index (χ3n) is 5.38. The van der Waals surface area contributed by atoms with Gasteiger partial charge in [-0.15, -0.1) is 0 Å².